The Kier molecular flexibility index (Phi) is 4.11. The van der Waals surface area contributed by atoms with Gasteiger partial charge >= 0.3 is 0 Å². The monoisotopic (exact) mass is 227 g/mol. The first kappa shape index (κ1) is 11.0. The zero-order valence-electron chi connectivity index (χ0n) is 8.82. The van der Waals surface area contributed by atoms with Gasteiger partial charge in [0.2, 0.25) is 0 Å². The summed E-state index contributed by atoms with van der Waals surface area (Å²) in [5.74, 6) is 0. The van der Waals surface area contributed by atoms with Gasteiger partial charge in [-0.2, -0.15) is 0 Å². The zero-order valence-corrected chi connectivity index (χ0v) is 9.63. The molecular formula is C11H17NO2S. The third kappa shape index (κ3) is 3.00. The van der Waals surface area contributed by atoms with Crippen molar-refractivity contribution >= 4 is 11.3 Å². The molecule has 2 heterocycles. The molecule has 1 aliphatic heterocycles. The van der Waals surface area contributed by atoms with Gasteiger partial charge in [0.1, 0.15) is 6.10 Å². The average molecular weight is 227 g/mol. The molecule has 0 radical (unpaired) electrons. The Labute approximate surface area is 94.1 Å². The maximum absolute atomic E-state index is 8.74. The molecule has 4 heteroatoms. The lowest BCUT2D eigenvalue weighted by Gasteiger charge is -2.20. The Morgan fingerprint density at radius 1 is 1.53 bits per heavy atom. The highest BCUT2D eigenvalue weighted by molar-refractivity contribution is 7.09. The molecule has 0 saturated carbocycles. The van der Waals surface area contributed by atoms with Crippen LogP contribution in [0.5, 0.6) is 0 Å². The summed E-state index contributed by atoms with van der Waals surface area (Å²) in [6, 6.07) is 0. The van der Waals surface area contributed by atoms with Crippen molar-refractivity contribution in [3.63, 3.8) is 0 Å². The number of aliphatic hydroxyl groups is 1. The molecule has 0 bridgehead atoms. The van der Waals surface area contributed by atoms with Crippen LogP contribution in [0.3, 0.4) is 0 Å². The largest absolute Gasteiger partial charge is 0.396 e. The number of ether oxygens (including phenoxy) is 1. The second-order valence-electron chi connectivity index (χ2n) is 3.85. The molecule has 1 fully saturated rings. The van der Waals surface area contributed by atoms with E-state index in [9.17, 15) is 0 Å². The van der Waals surface area contributed by atoms with E-state index in [1.807, 2.05) is 0 Å². The molecule has 1 aliphatic rings. The molecule has 0 amide bonds. The van der Waals surface area contributed by atoms with Crippen molar-refractivity contribution in [3.05, 3.63) is 16.1 Å². The highest BCUT2D eigenvalue weighted by Crippen LogP contribution is 2.28. The Morgan fingerprint density at radius 2 is 2.47 bits per heavy atom. The van der Waals surface area contributed by atoms with Gasteiger partial charge in [-0.1, -0.05) is 0 Å². The van der Waals surface area contributed by atoms with Crippen LogP contribution in [0, 0.1) is 0 Å². The minimum atomic E-state index is 0.220. The van der Waals surface area contributed by atoms with Crippen LogP contribution < -0.4 is 0 Å². The molecule has 1 saturated heterocycles. The second kappa shape index (κ2) is 5.58. The van der Waals surface area contributed by atoms with Gasteiger partial charge in [-0.25, -0.2) is 4.98 Å². The summed E-state index contributed by atoms with van der Waals surface area (Å²) in [6.45, 7) is 1.11. The first-order valence-corrected chi connectivity index (χ1v) is 6.45. The number of aryl methyl sites for hydroxylation is 1. The van der Waals surface area contributed by atoms with Crippen molar-refractivity contribution in [1.82, 2.24) is 4.98 Å². The third-order valence-corrected chi connectivity index (χ3v) is 3.55. The van der Waals surface area contributed by atoms with Gasteiger partial charge in [0, 0.05) is 25.0 Å². The highest BCUT2D eigenvalue weighted by atomic mass is 32.1. The Bertz CT molecular complexity index is 295. The first-order valence-electron chi connectivity index (χ1n) is 5.57. The number of hydrogen-bond donors (Lipinski definition) is 1. The molecule has 0 spiro atoms. The number of aliphatic hydroxyl groups excluding tert-OH is 1. The predicted octanol–water partition coefficient (Wildman–Crippen LogP) is 2.31. The van der Waals surface area contributed by atoms with Crippen molar-refractivity contribution in [2.75, 3.05) is 13.2 Å². The summed E-state index contributed by atoms with van der Waals surface area (Å²) < 4.78 is 5.68. The molecule has 0 aliphatic carbocycles. The Balaban J connectivity index is 1.93. The molecule has 1 unspecified atom stereocenters. The fourth-order valence-electron chi connectivity index (χ4n) is 1.79. The molecular weight excluding hydrogens is 210 g/mol. The van der Waals surface area contributed by atoms with Crippen LogP contribution in [-0.2, 0) is 11.2 Å². The lowest BCUT2D eigenvalue weighted by Crippen LogP contribution is -2.11. The normalized spacial score (nSPS) is 21.8. The van der Waals surface area contributed by atoms with Gasteiger partial charge in [-0.05, 0) is 25.7 Å². The van der Waals surface area contributed by atoms with Crippen molar-refractivity contribution in [2.45, 2.75) is 38.2 Å². The van der Waals surface area contributed by atoms with Crippen molar-refractivity contribution < 1.29 is 9.84 Å². The first-order chi connectivity index (χ1) is 7.40. The van der Waals surface area contributed by atoms with Gasteiger partial charge in [0.05, 0.1) is 10.7 Å². The van der Waals surface area contributed by atoms with Crippen LogP contribution in [-0.4, -0.2) is 23.3 Å². The number of hydrogen-bond acceptors (Lipinski definition) is 4. The number of nitrogens with zero attached hydrogens (tertiary/aromatic N) is 1. The van der Waals surface area contributed by atoms with Gasteiger partial charge < -0.3 is 9.84 Å². The summed E-state index contributed by atoms with van der Waals surface area (Å²) in [5.41, 5.74) is 1.09. The summed E-state index contributed by atoms with van der Waals surface area (Å²) in [7, 11) is 0. The minimum absolute atomic E-state index is 0.220. The second-order valence-corrected chi connectivity index (χ2v) is 4.79. The molecule has 1 aromatic heterocycles. The number of aromatic nitrogens is 1. The SMILES string of the molecule is OCCCc1nc(C2CCCCO2)cs1. The summed E-state index contributed by atoms with van der Waals surface area (Å²) in [5, 5.41) is 12.0. The summed E-state index contributed by atoms with van der Waals surface area (Å²) in [6.07, 6.45) is 5.43. The van der Waals surface area contributed by atoms with Gasteiger partial charge in [0.25, 0.3) is 0 Å². The topological polar surface area (TPSA) is 42.4 Å². The van der Waals surface area contributed by atoms with E-state index < -0.39 is 0 Å². The Morgan fingerprint density at radius 3 is 3.20 bits per heavy atom. The van der Waals surface area contributed by atoms with E-state index in [4.69, 9.17) is 9.84 Å². The molecule has 1 aromatic rings. The fraction of sp³-hybridized carbons (Fsp3) is 0.727. The third-order valence-electron chi connectivity index (χ3n) is 2.63. The Hall–Kier alpha value is -0.450. The van der Waals surface area contributed by atoms with E-state index >= 15 is 0 Å². The predicted molar refractivity (Wildman–Crippen MR) is 60.1 cm³/mol. The van der Waals surface area contributed by atoms with E-state index in [2.05, 4.69) is 10.4 Å². The van der Waals surface area contributed by atoms with E-state index in [1.54, 1.807) is 11.3 Å². The molecule has 3 nitrogen and oxygen atoms in total. The molecule has 1 N–H and O–H groups in total. The van der Waals surface area contributed by atoms with E-state index in [1.165, 1.54) is 12.8 Å². The molecule has 0 aromatic carbocycles. The van der Waals surface area contributed by atoms with Crippen LogP contribution in [0.15, 0.2) is 5.38 Å². The highest BCUT2D eigenvalue weighted by Gasteiger charge is 2.18. The van der Waals surface area contributed by atoms with Crippen LogP contribution in [0.4, 0.5) is 0 Å². The van der Waals surface area contributed by atoms with Gasteiger partial charge in [-0.15, -0.1) is 11.3 Å². The lowest BCUT2D eigenvalue weighted by molar-refractivity contribution is 0.0126. The standard InChI is InChI=1S/C11H17NO2S/c13-6-3-5-11-12-9(8-15-11)10-4-1-2-7-14-10/h8,10,13H,1-7H2. The van der Waals surface area contributed by atoms with Crippen LogP contribution >= 0.6 is 11.3 Å². The molecule has 2 rings (SSSR count). The van der Waals surface area contributed by atoms with E-state index in [-0.39, 0.29) is 12.7 Å². The van der Waals surface area contributed by atoms with E-state index in [0.29, 0.717) is 0 Å². The summed E-state index contributed by atoms with van der Waals surface area (Å²) in [4.78, 5) is 4.55. The van der Waals surface area contributed by atoms with Crippen LogP contribution in [0.1, 0.15) is 42.5 Å². The minimum Gasteiger partial charge on any atom is -0.396 e. The zero-order chi connectivity index (χ0) is 10.5. The number of rotatable bonds is 4. The fourth-order valence-corrected chi connectivity index (χ4v) is 2.67. The maximum Gasteiger partial charge on any atom is 0.100 e. The van der Waals surface area contributed by atoms with Gasteiger partial charge in [-0.3, -0.25) is 0 Å². The number of thiazole rings is 1. The molecule has 84 valence electrons. The molecule has 1 atom stereocenters. The maximum atomic E-state index is 8.74. The van der Waals surface area contributed by atoms with Crippen LogP contribution in [0.2, 0.25) is 0 Å². The molecule has 15 heavy (non-hydrogen) atoms. The van der Waals surface area contributed by atoms with Gasteiger partial charge in [0.15, 0.2) is 0 Å². The summed E-state index contributed by atoms with van der Waals surface area (Å²) >= 11 is 1.68. The smallest absolute Gasteiger partial charge is 0.100 e. The quantitative estimate of drug-likeness (QED) is 0.858. The van der Waals surface area contributed by atoms with Crippen molar-refractivity contribution in [2.24, 2.45) is 0 Å². The van der Waals surface area contributed by atoms with E-state index in [0.717, 1.165) is 36.6 Å². The lowest BCUT2D eigenvalue weighted by atomic mass is 10.1. The average Bonchev–Trinajstić information content (AvgIpc) is 2.76. The van der Waals surface area contributed by atoms with Crippen molar-refractivity contribution in [1.29, 1.82) is 0 Å². The van der Waals surface area contributed by atoms with Crippen molar-refractivity contribution in [3.8, 4) is 0 Å². The van der Waals surface area contributed by atoms with Crippen LogP contribution in [0.25, 0.3) is 0 Å².